The molecule has 0 saturated carbocycles. The average molecular weight is 328 g/mol. The highest BCUT2D eigenvalue weighted by Gasteiger charge is 2.35. The minimum absolute atomic E-state index is 0. The molecular weight excluding hydrogens is 306 g/mol. The highest BCUT2D eigenvalue weighted by molar-refractivity contribution is 5.85. The molecule has 3 saturated heterocycles. The van der Waals surface area contributed by atoms with Crippen molar-refractivity contribution in [1.29, 1.82) is 0 Å². The summed E-state index contributed by atoms with van der Waals surface area (Å²) in [5.41, 5.74) is 5.64. The molecule has 6 rings (SSSR count). The lowest BCUT2D eigenvalue weighted by molar-refractivity contribution is -0.00777. The van der Waals surface area contributed by atoms with Crippen LogP contribution in [-0.2, 0) is 6.42 Å². The SMILES string of the molecule is Cl.c1ccc2c(c1)Cc1cc(O[C@@H]3CN4CCC3CC4)ccc1-2. The number of nitrogens with zero attached hydrogens (tertiary/aromatic N) is 1. The molecule has 3 fully saturated rings. The molecule has 2 bridgehead atoms. The van der Waals surface area contributed by atoms with Gasteiger partial charge in [-0.1, -0.05) is 30.3 Å². The van der Waals surface area contributed by atoms with Gasteiger partial charge < -0.3 is 4.74 Å². The van der Waals surface area contributed by atoms with Crippen LogP contribution in [0.15, 0.2) is 42.5 Å². The number of piperidine rings is 3. The molecule has 3 aliphatic heterocycles. The molecule has 3 heteroatoms. The Morgan fingerprint density at radius 1 is 0.913 bits per heavy atom. The number of benzene rings is 2. The first kappa shape index (κ1) is 15.0. The van der Waals surface area contributed by atoms with E-state index in [1.54, 1.807) is 0 Å². The van der Waals surface area contributed by atoms with Crippen LogP contribution in [-0.4, -0.2) is 30.6 Å². The van der Waals surface area contributed by atoms with Crippen LogP contribution in [0, 0.1) is 5.92 Å². The standard InChI is InChI=1S/C20H21NO.ClH/c1-2-4-18-15(3-1)11-16-12-17(5-6-19(16)18)22-20-13-21-9-7-14(20)8-10-21;/h1-6,12,14,20H,7-11,13H2;1H/t20-;/m1./s1. The van der Waals surface area contributed by atoms with E-state index in [-0.39, 0.29) is 12.4 Å². The number of halogens is 1. The minimum Gasteiger partial charge on any atom is -0.489 e. The second-order valence-electron chi connectivity index (χ2n) is 6.95. The van der Waals surface area contributed by atoms with Crippen molar-refractivity contribution in [3.8, 4) is 16.9 Å². The molecule has 0 radical (unpaired) electrons. The molecule has 0 N–H and O–H groups in total. The fraction of sp³-hybridized carbons (Fsp3) is 0.400. The summed E-state index contributed by atoms with van der Waals surface area (Å²) in [5.74, 6) is 1.82. The van der Waals surface area contributed by atoms with Crippen molar-refractivity contribution in [2.24, 2.45) is 5.92 Å². The molecule has 2 aromatic carbocycles. The van der Waals surface area contributed by atoms with E-state index in [4.69, 9.17) is 4.74 Å². The first-order chi connectivity index (χ1) is 10.9. The summed E-state index contributed by atoms with van der Waals surface area (Å²) < 4.78 is 6.37. The van der Waals surface area contributed by atoms with Crippen LogP contribution in [0.2, 0.25) is 0 Å². The summed E-state index contributed by atoms with van der Waals surface area (Å²) in [5, 5.41) is 0. The van der Waals surface area contributed by atoms with E-state index in [0.29, 0.717) is 6.10 Å². The first-order valence-corrected chi connectivity index (χ1v) is 8.47. The summed E-state index contributed by atoms with van der Waals surface area (Å²) in [6.07, 6.45) is 4.05. The molecule has 0 spiro atoms. The summed E-state index contributed by atoms with van der Waals surface area (Å²) in [6, 6.07) is 15.4. The first-order valence-electron chi connectivity index (χ1n) is 8.47. The van der Waals surface area contributed by atoms with Gasteiger partial charge in [-0.05, 0) is 72.7 Å². The van der Waals surface area contributed by atoms with E-state index < -0.39 is 0 Å². The monoisotopic (exact) mass is 327 g/mol. The predicted molar refractivity (Wildman–Crippen MR) is 95.5 cm³/mol. The van der Waals surface area contributed by atoms with Gasteiger partial charge >= 0.3 is 0 Å². The third-order valence-corrected chi connectivity index (χ3v) is 5.65. The molecule has 0 amide bonds. The molecule has 1 atom stereocenters. The largest absolute Gasteiger partial charge is 0.489 e. The van der Waals surface area contributed by atoms with Crippen molar-refractivity contribution in [1.82, 2.24) is 4.90 Å². The van der Waals surface area contributed by atoms with E-state index >= 15 is 0 Å². The fourth-order valence-electron chi connectivity index (χ4n) is 4.41. The predicted octanol–water partition coefficient (Wildman–Crippen LogP) is 4.15. The molecule has 1 aliphatic carbocycles. The van der Waals surface area contributed by atoms with Gasteiger partial charge in [0.25, 0.3) is 0 Å². The van der Waals surface area contributed by atoms with Gasteiger partial charge in [-0.3, -0.25) is 4.90 Å². The second kappa shape index (κ2) is 5.85. The Hall–Kier alpha value is -1.51. The summed E-state index contributed by atoms with van der Waals surface area (Å²) in [4.78, 5) is 2.55. The quantitative estimate of drug-likeness (QED) is 0.701. The number of fused-ring (bicyclic) bond motifs is 6. The Kier molecular flexibility index (Phi) is 3.82. The topological polar surface area (TPSA) is 12.5 Å². The molecule has 3 heterocycles. The van der Waals surface area contributed by atoms with Gasteiger partial charge in [0.2, 0.25) is 0 Å². The van der Waals surface area contributed by atoms with Crippen molar-refractivity contribution in [2.45, 2.75) is 25.4 Å². The maximum absolute atomic E-state index is 6.37. The number of hydrogen-bond acceptors (Lipinski definition) is 2. The minimum atomic E-state index is 0. The Morgan fingerprint density at radius 3 is 2.48 bits per heavy atom. The van der Waals surface area contributed by atoms with E-state index in [9.17, 15) is 0 Å². The lowest BCUT2D eigenvalue weighted by atomic mass is 9.86. The van der Waals surface area contributed by atoms with E-state index in [1.165, 1.54) is 48.2 Å². The van der Waals surface area contributed by atoms with Gasteiger partial charge in [-0.25, -0.2) is 0 Å². The van der Waals surface area contributed by atoms with Crippen LogP contribution in [0.25, 0.3) is 11.1 Å². The zero-order chi connectivity index (χ0) is 14.5. The molecule has 4 aliphatic rings. The Labute approximate surface area is 143 Å². The van der Waals surface area contributed by atoms with Crippen molar-refractivity contribution < 1.29 is 4.74 Å². The lowest BCUT2D eigenvalue weighted by Gasteiger charge is -2.44. The van der Waals surface area contributed by atoms with Crippen molar-refractivity contribution in [2.75, 3.05) is 19.6 Å². The Balaban J connectivity index is 0.00000135. The van der Waals surface area contributed by atoms with E-state index in [1.807, 2.05) is 0 Å². The van der Waals surface area contributed by atoms with Crippen LogP contribution in [0.4, 0.5) is 0 Å². The third kappa shape index (κ3) is 2.54. The zero-order valence-corrected chi connectivity index (χ0v) is 14.0. The maximum Gasteiger partial charge on any atom is 0.120 e. The Bertz CT molecular complexity index is 721. The highest BCUT2D eigenvalue weighted by atomic mass is 35.5. The zero-order valence-electron chi connectivity index (χ0n) is 13.2. The molecule has 0 unspecified atom stereocenters. The van der Waals surface area contributed by atoms with Gasteiger partial charge in [-0.15, -0.1) is 12.4 Å². The number of ether oxygens (including phenoxy) is 1. The van der Waals surface area contributed by atoms with Crippen molar-refractivity contribution >= 4 is 12.4 Å². The van der Waals surface area contributed by atoms with E-state index in [2.05, 4.69) is 47.4 Å². The van der Waals surface area contributed by atoms with E-state index in [0.717, 1.165) is 24.6 Å². The molecule has 23 heavy (non-hydrogen) atoms. The highest BCUT2D eigenvalue weighted by Crippen LogP contribution is 2.39. The van der Waals surface area contributed by atoms with Crippen LogP contribution in [0.1, 0.15) is 24.0 Å². The summed E-state index contributed by atoms with van der Waals surface area (Å²) >= 11 is 0. The van der Waals surface area contributed by atoms with Gasteiger partial charge in [0.05, 0.1) is 0 Å². The molecular formula is C20H22ClNO. The lowest BCUT2D eigenvalue weighted by Crippen LogP contribution is -2.52. The molecule has 2 aromatic rings. The van der Waals surface area contributed by atoms with Gasteiger partial charge in [-0.2, -0.15) is 0 Å². The number of hydrogen-bond donors (Lipinski definition) is 0. The molecule has 2 nitrogen and oxygen atoms in total. The van der Waals surface area contributed by atoms with Crippen molar-refractivity contribution in [3.05, 3.63) is 53.6 Å². The van der Waals surface area contributed by atoms with Crippen LogP contribution >= 0.6 is 12.4 Å². The molecule has 0 aromatic heterocycles. The van der Waals surface area contributed by atoms with Gasteiger partial charge in [0.1, 0.15) is 11.9 Å². The Morgan fingerprint density at radius 2 is 1.70 bits per heavy atom. The van der Waals surface area contributed by atoms with Crippen molar-refractivity contribution in [3.63, 3.8) is 0 Å². The number of rotatable bonds is 2. The smallest absolute Gasteiger partial charge is 0.120 e. The van der Waals surface area contributed by atoms with Crippen LogP contribution in [0.5, 0.6) is 5.75 Å². The summed E-state index contributed by atoms with van der Waals surface area (Å²) in [7, 11) is 0. The van der Waals surface area contributed by atoms with Gasteiger partial charge in [0, 0.05) is 6.54 Å². The summed E-state index contributed by atoms with van der Waals surface area (Å²) in [6.45, 7) is 3.65. The average Bonchev–Trinajstić information content (AvgIpc) is 2.93. The third-order valence-electron chi connectivity index (χ3n) is 5.65. The van der Waals surface area contributed by atoms with Gasteiger partial charge in [0.15, 0.2) is 0 Å². The maximum atomic E-state index is 6.37. The normalized spacial score (nSPS) is 27.0. The second-order valence-corrected chi connectivity index (χ2v) is 6.95. The van der Waals surface area contributed by atoms with Crippen LogP contribution < -0.4 is 4.74 Å². The van der Waals surface area contributed by atoms with Crippen LogP contribution in [0.3, 0.4) is 0 Å². The molecule has 120 valence electrons. The fourth-order valence-corrected chi connectivity index (χ4v) is 4.41.